The largest absolute Gasteiger partial charge is 0.117 e. The molecule has 0 radical (unpaired) electrons. The van der Waals surface area contributed by atoms with Crippen molar-refractivity contribution in [2.75, 3.05) is 0 Å². The third-order valence-corrected chi connectivity index (χ3v) is 6.32. The fourth-order valence-corrected chi connectivity index (χ4v) is 4.86. The summed E-state index contributed by atoms with van der Waals surface area (Å²) in [5.74, 6) is 0.714. The second kappa shape index (κ2) is 6.40. The van der Waals surface area contributed by atoms with Gasteiger partial charge < -0.3 is 0 Å². The summed E-state index contributed by atoms with van der Waals surface area (Å²) in [4.78, 5) is 0. The molecule has 1 fully saturated rings. The van der Waals surface area contributed by atoms with Crippen molar-refractivity contribution < 1.29 is 0 Å². The lowest BCUT2D eigenvalue weighted by Gasteiger charge is -2.36. The Hall–Kier alpha value is -0.0100. The summed E-state index contributed by atoms with van der Waals surface area (Å²) in [7, 11) is 0. The molecule has 1 aliphatic carbocycles. The van der Waals surface area contributed by atoms with Crippen LogP contribution in [0.1, 0.15) is 68.0 Å². The quantitative estimate of drug-likeness (QED) is 0.511. The molecule has 2 rings (SSSR count). The summed E-state index contributed by atoms with van der Waals surface area (Å²) < 4.78 is 1.19. The van der Waals surface area contributed by atoms with Gasteiger partial charge in [0.1, 0.15) is 0 Å². The SMILES string of the molecule is Cc1cc(C(Cl)C2(CC(C)C)CCCC2)c(C)cc1Br. The highest BCUT2D eigenvalue weighted by Gasteiger charge is 2.41. The minimum absolute atomic E-state index is 0.152. The highest BCUT2D eigenvalue weighted by molar-refractivity contribution is 9.10. The number of alkyl halides is 1. The van der Waals surface area contributed by atoms with Crippen LogP contribution in [0.4, 0.5) is 0 Å². The number of hydrogen-bond donors (Lipinski definition) is 0. The molecule has 1 aromatic carbocycles. The first kappa shape index (κ1) is 16.4. The van der Waals surface area contributed by atoms with Crippen molar-refractivity contribution in [3.63, 3.8) is 0 Å². The molecular formula is C18H26BrCl. The Morgan fingerprint density at radius 2 is 1.75 bits per heavy atom. The Labute approximate surface area is 137 Å². The van der Waals surface area contributed by atoms with Crippen LogP contribution >= 0.6 is 27.5 Å². The van der Waals surface area contributed by atoms with Crippen LogP contribution in [0.5, 0.6) is 0 Å². The van der Waals surface area contributed by atoms with Gasteiger partial charge in [-0.3, -0.25) is 0 Å². The zero-order valence-electron chi connectivity index (χ0n) is 13.1. The van der Waals surface area contributed by atoms with Crippen LogP contribution in [0.25, 0.3) is 0 Å². The number of rotatable bonds is 4. The second-order valence-electron chi connectivity index (χ2n) is 6.99. The highest BCUT2D eigenvalue weighted by atomic mass is 79.9. The molecule has 1 unspecified atom stereocenters. The number of halogens is 2. The molecule has 0 bridgehead atoms. The molecule has 0 amide bonds. The Balaban J connectivity index is 2.37. The first-order valence-electron chi connectivity index (χ1n) is 7.76. The maximum Gasteiger partial charge on any atom is 0.0644 e. The van der Waals surface area contributed by atoms with Gasteiger partial charge in [0, 0.05) is 4.47 Å². The van der Waals surface area contributed by atoms with E-state index in [0.717, 1.165) is 0 Å². The van der Waals surface area contributed by atoms with Gasteiger partial charge in [-0.1, -0.05) is 48.7 Å². The first-order chi connectivity index (χ1) is 9.35. The lowest BCUT2D eigenvalue weighted by Crippen LogP contribution is -2.25. The van der Waals surface area contributed by atoms with Gasteiger partial charge in [0.25, 0.3) is 0 Å². The molecule has 0 N–H and O–H groups in total. The minimum Gasteiger partial charge on any atom is -0.117 e. The molecule has 0 aliphatic heterocycles. The normalized spacial score (nSPS) is 19.6. The maximum absolute atomic E-state index is 7.03. The lowest BCUT2D eigenvalue weighted by atomic mass is 9.73. The molecule has 1 aromatic rings. The molecule has 20 heavy (non-hydrogen) atoms. The molecule has 2 heteroatoms. The van der Waals surface area contributed by atoms with Crippen molar-refractivity contribution in [1.82, 2.24) is 0 Å². The third kappa shape index (κ3) is 3.25. The zero-order valence-corrected chi connectivity index (χ0v) is 15.4. The summed E-state index contributed by atoms with van der Waals surface area (Å²) in [6, 6.07) is 4.51. The van der Waals surface area contributed by atoms with Gasteiger partial charge in [0.2, 0.25) is 0 Å². The molecule has 0 aromatic heterocycles. The monoisotopic (exact) mass is 356 g/mol. The Morgan fingerprint density at radius 1 is 1.15 bits per heavy atom. The number of benzene rings is 1. The molecule has 0 nitrogen and oxygen atoms in total. The predicted octanol–water partition coefficient (Wildman–Crippen LogP) is 6.95. The van der Waals surface area contributed by atoms with Gasteiger partial charge in [-0.25, -0.2) is 0 Å². The van der Waals surface area contributed by atoms with Crippen molar-refractivity contribution in [3.05, 3.63) is 33.3 Å². The van der Waals surface area contributed by atoms with Gasteiger partial charge in [0.15, 0.2) is 0 Å². The van der Waals surface area contributed by atoms with E-state index in [9.17, 15) is 0 Å². The molecule has 1 aliphatic rings. The van der Waals surface area contributed by atoms with Crippen molar-refractivity contribution in [2.45, 2.75) is 65.2 Å². The fraction of sp³-hybridized carbons (Fsp3) is 0.667. The summed E-state index contributed by atoms with van der Waals surface area (Å²) in [5, 5.41) is 0.152. The van der Waals surface area contributed by atoms with Gasteiger partial charge in [-0.15, -0.1) is 11.6 Å². The van der Waals surface area contributed by atoms with Gasteiger partial charge >= 0.3 is 0 Å². The average Bonchev–Trinajstić information content (AvgIpc) is 2.81. The third-order valence-electron chi connectivity index (χ3n) is 4.77. The van der Waals surface area contributed by atoms with E-state index in [0.29, 0.717) is 11.3 Å². The average molecular weight is 358 g/mol. The van der Waals surface area contributed by atoms with E-state index in [1.165, 1.54) is 53.3 Å². The summed E-state index contributed by atoms with van der Waals surface area (Å²) >= 11 is 10.7. The summed E-state index contributed by atoms with van der Waals surface area (Å²) in [5.41, 5.74) is 4.25. The number of aryl methyl sites for hydroxylation is 2. The predicted molar refractivity (Wildman–Crippen MR) is 92.6 cm³/mol. The summed E-state index contributed by atoms with van der Waals surface area (Å²) in [6.45, 7) is 8.99. The van der Waals surface area contributed by atoms with E-state index in [4.69, 9.17) is 11.6 Å². The van der Waals surface area contributed by atoms with Crippen LogP contribution in [-0.2, 0) is 0 Å². The molecule has 0 saturated heterocycles. The standard InChI is InChI=1S/C18H26BrCl/c1-12(2)11-18(7-5-6-8-18)17(20)15-9-14(4)16(19)10-13(15)3/h9-10,12,17H,5-8,11H2,1-4H3. The van der Waals surface area contributed by atoms with E-state index in [-0.39, 0.29) is 5.38 Å². The minimum atomic E-state index is 0.152. The van der Waals surface area contributed by atoms with Gasteiger partial charge in [-0.05, 0) is 67.2 Å². The smallest absolute Gasteiger partial charge is 0.0644 e. The highest BCUT2D eigenvalue weighted by Crippen LogP contribution is 2.55. The first-order valence-corrected chi connectivity index (χ1v) is 8.99. The topological polar surface area (TPSA) is 0 Å². The van der Waals surface area contributed by atoms with Crippen molar-refractivity contribution >= 4 is 27.5 Å². The lowest BCUT2D eigenvalue weighted by molar-refractivity contribution is 0.223. The van der Waals surface area contributed by atoms with Crippen molar-refractivity contribution in [2.24, 2.45) is 11.3 Å². The van der Waals surface area contributed by atoms with Crippen LogP contribution in [0.2, 0.25) is 0 Å². The van der Waals surface area contributed by atoms with E-state index in [1.807, 2.05) is 0 Å². The van der Waals surface area contributed by atoms with Gasteiger partial charge in [0.05, 0.1) is 5.38 Å². The summed E-state index contributed by atoms with van der Waals surface area (Å²) in [6.07, 6.45) is 6.49. The van der Waals surface area contributed by atoms with Crippen LogP contribution in [-0.4, -0.2) is 0 Å². The van der Waals surface area contributed by atoms with E-state index in [1.54, 1.807) is 0 Å². The van der Waals surface area contributed by atoms with Crippen LogP contribution in [0, 0.1) is 25.2 Å². The Kier molecular flexibility index (Phi) is 5.24. The van der Waals surface area contributed by atoms with Crippen molar-refractivity contribution in [3.8, 4) is 0 Å². The zero-order chi connectivity index (χ0) is 14.9. The molecule has 1 atom stereocenters. The molecule has 0 spiro atoms. The van der Waals surface area contributed by atoms with E-state index >= 15 is 0 Å². The van der Waals surface area contributed by atoms with E-state index in [2.05, 4.69) is 55.8 Å². The Morgan fingerprint density at radius 3 is 2.30 bits per heavy atom. The van der Waals surface area contributed by atoms with Gasteiger partial charge in [-0.2, -0.15) is 0 Å². The number of hydrogen-bond acceptors (Lipinski definition) is 0. The molecule has 1 saturated carbocycles. The maximum atomic E-state index is 7.03. The fourth-order valence-electron chi connectivity index (χ4n) is 3.86. The van der Waals surface area contributed by atoms with Crippen LogP contribution < -0.4 is 0 Å². The molecule has 0 heterocycles. The van der Waals surface area contributed by atoms with Crippen LogP contribution in [0.15, 0.2) is 16.6 Å². The molecular weight excluding hydrogens is 332 g/mol. The Bertz CT molecular complexity index is 473. The van der Waals surface area contributed by atoms with Crippen molar-refractivity contribution in [1.29, 1.82) is 0 Å². The molecule has 112 valence electrons. The van der Waals surface area contributed by atoms with Crippen LogP contribution in [0.3, 0.4) is 0 Å². The second-order valence-corrected chi connectivity index (χ2v) is 8.28. The van der Waals surface area contributed by atoms with E-state index < -0.39 is 0 Å².